The van der Waals surface area contributed by atoms with Gasteiger partial charge >= 0.3 is 12.3 Å². The van der Waals surface area contributed by atoms with Gasteiger partial charge in [-0.25, -0.2) is 9.59 Å². The first-order chi connectivity index (χ1) is 11.1. The Morgan fingerprint density at radius 2 is 1.30 bits per heavy atom. The second-order valence-electron chi connectivity index (χ2n) is 4.38. The van der Waals surface area contributed by atoms with Gasteiger partial charge in [-0.15, -0.1) is 0 Å². The van der Waals surface area contributed by atoms with Crippen molar-refractivity contribution in [2.45, 2.75) is 13.8 Å². The molecule has 0 atom stereocenters. The molecule has 0 spiro atoms. The Hall–Kier alpha value is -2.96. The van der Waals surface area contributed by atoms with Crippen molar-refractivity contribution in [3.63, 3.8) is 0 Å². The lowest BCUT2D eigenvalue weighted by molar-refractivity contribution is 0.104. The molecular formula is C16H17NO6. The maximum Gasteiger partial charge on any atom is 0.513 e. The van der Waals surface area contributed by atoms with Gasteiger partial charge < -0.3 is 24.7 Å². The van der Waals surface area contributed by atoms with Gasteiger partial charge in [0.25, 0.3) is 0 Å². The summed E-state index contributed by atoms with van der Waals surface area (Å²) in [6, 6.07) is 8.65. The van der Waals surface area contributed by atoms with Crippen molar-refractivity contribution in [1.82, 2.24) is 0 Å². The van der Waals surface area contributed by atoms with Crippen LogP contribution in [0.15, 0.2) is 30.3 Å². The molecule has 0 aromatic rings. The average molecular weight is 319 g/mol. The number of hydrogen-bond donors (Lipinski definition) is 1. The summed E-state index contributed by atoms with van der Waals surface area (Å²) in [6.07, 6.45) is -1.78. The lowest BCUT2D eigenvalue weighted by atomic mass is 10.2. The van der Waals surface area contributed by atoms with Crippen LogP contribution in [0.4, 0.5) is 15.3 Å². The van der Waals surface area contributed by atoms with Crippen LogP contribution >= 0.6 is 0 Å². The summed E-state index contributed by atoms with van der Waals surface area (Å²) in [5.74, 6) is 0.155. The van der Waals surface area contributed by atoms with E-state index in [9.17, 15) is 9.59 Å². The molecule has 2 rings (SSSR count). The molecule has 0 heterocycles. The minimum Gasteiger partial charge on any atom is -0.434 e. The van der Waals surface area contributed by atoms with E-state index in [1.165, 1.54) is 0 Å². The fraction of sp³-hybridized carbons (Fsp3) is 0.250. The van der Waals surface area contributed by atoms with Crippen LogP contribution in [0.3, 0.4) is 0 Å². The largest absolute Gasteiger partial charge is 0.513 e. The summed E-state index contributed by atoms with van der Waals surface area (Å²) in [5.41, 5.74) is 7.03. The van der Waals surface area contributed by atoms with Crippen LogP contribution < -0.4 is 15.2 Å². The van der Waals surface area contributed by atoms with Gasteiger partial charge in [-0.2, -0.15) is 0 Å². The number of rotatable bonds is 4. The van der Waals surface area contributed by atoms with E-state index in [4.69, 9.17) is 24.7 Å². The number of nitrogens with two attached hydrogens (primary N) is 1. The molecule has 23 heavy (non-hydrogen) atoms. The topological polar surface area (TPSA) is 97.1 Å². The molecule has 7 heteroatoms. The summed E-state index contributed by atoms with van der Waals surface area (Å²) >= 11 is 0. The third kappa shape index (κ3) is 3.63. The summed E-state index contributed by atoms with van der Waals surface area (Å²) in [6.45, 7) is 3.64. The van der Waals surface area contributed by atoms with E-state index in [0.717, 1.165) is 0 Å². The van der Waals surface area contributed by atoms with Gasteiger partial charge in [-0.05, 0) is 13.8 Å². The zero-order chi connectivity index (χ0) is 16.8. The van der Waals surface area contributed by atoms with E-state index >= 15 is 0 Å². The van der Waals surface area contributed by atoms with E-state index in [1.807, 2.05) is 0 Å². The Balaban J connectivity index is 2.45. The van der Waals surface area contributed by atoms with Crippen molar-refractivity contribution in [3.8, 4) is 22.6 Å². The van der Waals surface area contributed by atoms with E-state index in [2.05, 4.69) is 0 Å². The number of hydrogen-bond acceptors (Lipinski definition) is 7. The smallest absolute Gasteiger partial charge is 0.434 e. The predicted molar refractivity (Wildman–Crippen MR) is 82.8 cm³/mol. The van der Waals surface area contributed by atoms with Crippen LogP contribution in [-0.4, -0.2) is 25.5 Å². The van der Waals surface area contributed by atoms with Crippen LogP contribution in [0, 0.1) is 0 Å². The zero-order valence-electron chi connectivity index (χ0n) is 12.8. The Labute approximate surface area is 133 Å². The third-order valence-corrected chi connectivity index (χ3v) is 2.91. The van der Waals surface area contributed by atoms with Crippen molar-refractivity contribution < 1.29 is 28.5 Å². The predicted octanol–water partition coefficient (Wildman–Crippen LogP) is 3.44. The number of ether oxygens (including phenoxy) is 4. The van der Waals surface area contributed by atoms with Gasteiger partial charge in [0, 0.05) is 11.1 Å². The van der Waals surface area contributed by atoms with Gasteiger partial charge in [-0.1, -0.05) is 30.3 Å². The highest BCUT2D eigenvalue weighted by atomic mass is 16.7. The molecule has 0 aromatic heterocycles. The Morgan fingerprint density at radius 1 is 0.870 bits per heavy atom. The molecule has 2 N–H and O–H groups in total. The van der Waals surface area contributed by atoms with Gasteiger partial charge in [0.05, 0.1) is 13.2 Å². The molecule has 7 nitrogen and oxygen atoms in total. The number of anilines is 1. The van der Waals surface area contributed by atoms with Gasteiger partial charge in [-0.3, -0.25) is 0 Å². The van der Waals surface area contributed by atoms with Gasteiger partial charge in [0.15, 0.2) is 11.5 Å². The molecule has 0 aromatic carbocycles. The monoisotopic (exact) mass is 319 g/mol. The van der Waals surface area contributed by atoms with Crippen LogP contribution in [-0.2, 0) is 9.47 Å². The average Bonchev–Trinajstić information content (AvgIpc) is 2.69. The fourth-order valence-electron chi connectivity index (χ4n) is 2.02. The van der Waals surface area contributed by atoms with Crippen LogP contribution in [0.1, 0.15) is 13.8 Å². The number of carbonyl (C=O) groups is 2. The highest BCUT2D eigenvalue weighted by molar-refractivity contribution is 5.94. The normalized spacial score (nSPS) is 10.2. The second kappa shape index (κ2) is 7.35. The molecule has 0 saturated carbocycles. The molecule has 0 amide bonds. The van der Waals surface area contributed by atoms with Crippen LogP contribution in [0.2, 0.25) is 0 Å². The minimum atomic E-state index is -0.889. The first-order valence-electron chi connectivity index (χ1n) is 7.07. The summed E-state index contributed by atoms with van der Waals surface area (Å²) in [4.78, 5) is 23.2. The van der Waals surface area contributed by atoms with E-state index < -0.39 is 12.3 Å². The highest BCUT2D eigenvalue weighted by Gasteiger charge is 2.27. The maximum absolute atomic E-state index is 11.6. The SMILES string of the molecule is CCOC(=O)Oc1c2cccccc-2c(OC(=O)OCC)c1N. The van der Waals surface area contributed by atoms with Crippen LogP contribution in [0.25, 0.3) is 11.1 Å². The molecule has 0 unspecified atom stereocenters. The maximum atomic E-state index is 11.6. The molecule has 0 fully saturated rings. The molecule has 0 radical (unpaired) electrons. The first-order valence-corrected chi connectivity index (χ1v) is 7.07. The van der Waals surface area contributed by atoms with Crippen molar-refractivity contribution >= 4 is 18.0 Å². The molecule has 2 aliphatic rings. The molecular weight excluding hydrogens is 302 g/mol. The van der Waals surface area contributed by atoms with E-state index in [1.54, 1.807) is 44.2 Å². The summed E-state index contributed by atoms with van der Waals surface area (Å²) in [7, 11) is 0. The Kier molecular flexibility index (Phi) is 5.24. The lowest BCUT2D eigenvalue weighted by Gasteiger charge is -2.05. The minimum absolute atomic E-state index is 0.0207. The summed E-state index contributed by atoms with van der Waals surface area (Å²) in [5, 5.41) is 0. The molecule has 0 aliphatic heterocycles. The zero-order valence-corrected chi connectivity index (χ0v) is 12.8. The lowest BCUT2D eigenvalue weighted by Crippen LogP contribution is -2.12. The molecule has 2 aliphatic carbocycles. The molecule has 122 valence electrons. The third-order valence-electron chi connectivity index (χ3n) is 2.91. The summed E-state index contributed by atoms with van der Waals surface area (Å²) < 4.78 is 19.8. The van der Waals surface area contributed by atoms with Crippen LogP contribution in [0.5, 0.6) is 11.5 Å². The molecule has 0 saturated heterocycles. The van der Waals surface area contributed by atoms with Crippen molar-refractivity contribution in [1.29, 1.82) is 0 Å². The molecule has 0 bridgehead atoms. The number of carbonyl (C=O) groups excluding carboxylic acids is 2. The number of nitrogen functional groups attached to an aromatic ring is 1. The van der Waals surface area contributed by atoms with E-state index in [-0.39, 0.29) is 30.4 Å². The first kappa shape index (κ1) is 16.4. The second-order valence-corrected chi connectivity index (χ2v) is 4.38. The van der Waals surface area contributed by atoms with Crippen molar-refractivity contribution in [2.75, 3.05) is 18.9 Å². The Bertz CT molecular complexity index is 630. The van der Waals surface area contributed by atoms with Crippen molar-refractivity contribution in [3.05, 3.63) is 30.3 Å². The van der Waals surface area contributed by atoms with Crippen molar-refractivity contribution in [2.24, 2.45) is 0 Å². The Morgan fingerprint density at radius 3 is 1.70 bits per heavy atom. The quantitative estimate of drug-likeness (QED) is 0.862. The highest BCUT2D eigenvalue weighted by Crippen LogP contribution is 2.50. The van der Waals surface area contributed by atoms with Gasteiger partial charge in [0.1, 0.15) is 5.69 Å². The van der Waals surface area contributed by atoms with Gasteiger partial charge in [0.2, 0.25) is 0 Å². The van der Waals surface area contributed by atoms with E-state index in [0.29, 0.717) is 11.1 Å². The standard InChI is InChI=1S/C16H17NO6/c1-3-20-15(18)22-13-10-8-6-5-7-9-11(10)14(12(13)17)23-16(19)21-4-2/h5-9H,3-4,17H2,1-2H3. The number of fused-ring (bicyclic) bond motifs is 1. The fourth-order valence-corrected chi connectivity index (χ4v) is 2.02.